The average Bonchev–Trinajstić information content (AvgIpc) is 2.28. The number of benzene rings is 1. The number of rotatable bonds is 2. The van der Waals surface area contributed by atoms with E-state index in [1.807, 2.05) is 6.92 Å². The maximum Gasteiger partial charge on any atom is 0.325 e. The second-order valence-corrected chi connectivity index (χ2v) is 4.60. The number of carbonyl (C=O) groups is 1. The minimum Gasteiger partial charge on any atom is -0.508 e. The van der Waals surface area contributed by atoms with E-state index in [9.17, 15) is 9.90 Å². The minimum atomic E-state index is -1.15. The maximum absolute atomic E-state index is 10.9. The number of fused-ring (bicyclic) bond motifs is 1. The summed E-state index contributed by atoms with van der Waals surface area (Å²) >= 11 is 0. The molecule has 0 heterocycles. The van der Waals surface area contributed by atoms with Gasteiger partial charge >= 0.3 is 5.97 Å². The number of nitrogens with two attached hydrogens (primary N) is 1. The Bertz CT molecular complexity index is 468. The average molecular weight is 235 g/mol. The van der Waals surface area contributed by atoms with Gasteiger partial charge in [-0.1, -0.05) is 0 Å². The lowest BCUT2D eigenvalue weighted by atomic mass is 9.84. The summed E-state index contributed by atoms with van der Waals surface area (Å²) in [7, 11) is 0. The van der Waals surface area contributed by atoms with E-state index >= 15 is 0 Å². The number of hydrogen-bond acceptors (Lipinski definition) is 3. The molecule has 1 aromatic rings. The highest BCUT2D eigenvalue weighted by atomic mass is 16.4. The van der Waals surface area contributed by atoms with Crippen LogP contribution in [0.15, 0.2) is 6.07 Å². The first-order chi connectivity index (χ1) is 8.02. The van der Waals surface area contributed by atoms with Gasteiger partial charge in [0.25, 0.3) is 0 Å². The van der Waals surface area contributed by atoms with Gasteiger partial charge in [0.05, 0.1) is 0 Å². The van der Waals surface area contributed by atoms with Crippen LogP contribution in [0.3, 0.4) is 0 Å². The number of carboxylic acid groups (broad SMARTS) is 1. The van der Waals surface area contributed by atoms with Gasteiger partial charge in [0.15, 0.2) is 0 Å². The van der Waals surface area contributed by atoms with E-state index in [4.69, 9.17) is 10.8 Å². The first-order valence-corrected chi connectivity index (χ1v) is 5.85. The van der Waals surface area contributed by atoms with E-state index in [2.05, 4.69) is 0 Å². The molecular weight excluding hydrogens is 218 g/mol. The molecule has 4 N–H and O–H groups in total. The van der Waals surface area contributed by atoms with Gasteiger partial charge in [-0.3, -0.25) is 4.79 Å². The van der Waals surface area contributed by atoms with E-state index in [1.54, 1.807) is 6.07 Å². The normalized spacial score (nSPS) is 16.4. The van der Waals surface area contributed by atoms with Crippen LogP contribution in [0.2, 0.25) is 0 Å². The van der Waals surface area contributed by atoms with E-state index in [1.165, 1.54) is 5.56 Å². The van der Waals surface area contributed by atoms with Crippen molar-refractivity contribution in [3.05, 3.63) is 28.3 Å². The molecule has 2 rings (SSSR count). The summed E-state index contributed by atoms with van der Waals surface area (Å²) in [5.74, 6) is -1.10. The largest absolute Gasteiger partial charge is 0.508 e. The molecule has 0 aliphatic heterocycles. The van der Waals surface area contributed by atoms with Crippen molar-refractivity contribution in [2.24, 2.45) is 5.73 Å². The Balaban J connectivity index is 2.57. The van der Waals surface area contributed by atoms with Crippen LogP contribution in [0, 0.1) is 6.92 Å². The van der Waals surface area contributed by atoms with Crippen molar-refractivity contribution in [1.82, 2.24) is 0 Å². The van der Waals surface area contributed by atoms with Gasteiger partial charge in [-0.2, -0.15) is 0 Å². The predicted molar refractivity (Wildman–Crippen MR) is 64.1 cm³/mol. The zero-order valence-electron chi connectivity index (χ0n) is 9.86. The zero-order valence-corrected chi connectivity index (χ0v) is 9.86. The molecule has 0 saturated heterocycles. The molecule has 1 unspecified atom stereocenters. The molecule has 1 aliphatic carbocycles. The number of aromatic hydroxyl groups is 1. The van der Waals surface area contributed by atoms with Crippen molar-refractivity contribution in [3.63, 3.8) is 0 Å². The summed E-state index contributed by atoms with van der Waals surface area (Å²) in [4.78, 5) is 10.9. The monoisotopic (exact) mass is 235 g/mol. The van der Waals surface area contributed by atoms with Crippen LogP contribution in [-0.4, -0.2) is 16.2 Å². The molecule has 1 aliphatic rings. The van der Waals surface area contributed by atoms with Crippen LogP contribution in [0.25, 0.3) is 0 Å². The standard InChI is InChI=1S/C13H17NO3/c1-7-9-5-3-2-4-8(9)6-10(15)11(7)12(14)13(16)17/h6,12,15H,2-5,14H2,1H3,(H,16,17). The van der Waals surface area contributed by atoms with Gasteiger partial charge in [0, 0.05) is 5.56 Å². The van der Waals surface area contributed by atoms with E-state index in [-0.39, 0.29) is 5.75 Å². The quantitative estimate of drug-likeness (QED) is 0.728. The molecule has 0 fully saturated rings. The summed E-state index contributed by atoms with van der Waals surface area (Å²) < 4.78 is 0. The highest BCUT2D eigenvalue weighted by Gasteiger charge is 2.24. The van der Waals surface area contributed by atoms with Crippen molar-refractivity contribution in [2.75, 3.05) is 0 Å². The fourth-order valence-corrected chi connectivity index (χ4v) is 2.63. The lowest BCUT2D eigenvalue weighted by Gasteiger charge is -2.23. The lowest BCUT2D eigenvalue weighted by molar-refractivity contribution is -0.138. The molecular formula is C13H17NO3. The zero-order chi connectivity index (χ0) is 12.6. The number of aliphatic carboxylic acids is 1. The third-order valence-electron chi connectivity index (χ3n) is 3.53. The topological polar surface area (TPSA) is 83.5 Å². The van der Waals surface area contributed by atoms with Gasteiger partial charge in [0.2, 0.25) is 0 Å². The van der Waals surface area contributed by atoms with E-state index in [0.29, 0.717) is 5.56 Å². The Morgan fingerprint density at radius 2 is 2.06 bits per heavy atom. The minimum absolute atomic E-state index is 0.0121. The van der Waals surface area contributed by atoms with Gasteiger partial charge in [-0.05, 0) is 55.4 Å². The van der Waals surface area contributed by atoms with Crippen LogP contribution < -0.4 is 5.73 Å². The predicted octanol–water partition coefficient (Wildman–Crippen LogP) is 1.66. The summed E-state index contributed by atoms with van der Waals surface area (Å²) in [5, 5.41) is 18.9. The van der Waals surface area contributed by atoms with E-state index in [0.717, 1.165) is 36.8 Å². The first-order valence-electron chi connectivity index (χ1n) is 5.85. The maximum atomic E-state index is 10.9. The highest BCUT2D eigenvalue weighted by molar-refractivity contribution is 5.77. The van der Waals surface area contributed by atoms with Gasteiger partial charge in [0.1, 0.15) is 11.8 Å². The van der Waals surface area contributed by atoms with Crippen LogP contribution in [-0.2, 0) is 17.6 Å². The third-order valence-corrected chi connectivity index (χ3v) is 3.53. The Labute approximate surface area is 100 Å². The molecule has 0 saturated carbocycles. The molecule has 4 heteroatoms. The Kier molecular flexibility index (Phi) is 3.07. The van der Waals surface area contributed by atoms with Crippen molar-refractivity contribution in [2.45, 2.75) is 38.6 Å². The van der Waals surface area contributed by atoms with Crippen LogP contribution in [0.1, 0.15) is 41.1 Å². The highest BCUT2D eigenvalue weighted by Crippen LogP contribution is 2.35. The van der Waals surface area contributed by atoms with Crippen molar-refractivity contribution in [1.29, 1.82) is 0 Å². The number of phenols is 1. The lowest BCUT2D eigenvalue weighted by Crippen LogP contribution is -2.23. The Hall–Kier alpha value is -1.55. The molecule has 0 radical (unpaired) electrons. The summed E-state index contributed by atoms with van der Waals surface area (Å²) in [6.07, 6.45) is 4.13. The van der Waals surface area contributed by atoms with Crippen molar-refractivity contribution < 1.29 is 15.0 Å². The number of carboxylic acids is 1. The molecule has 4 nitrogen and oxygen atoms in total. The molecule has 92 valence electrons. The molecule has 1 aromatic carbocycles. The second kappa shape index (κ2) is 4.37. The second-order valence-electron chi connectivity index (χ2n) is 4.60. The number of aryl methyl sites for hydroxylation is 1. The summed E-state index contributed by atoms with van der Waals surface area (Å²) in [6, 6.07) is 0.529. The van der Waals surface area contributed by atoms with Crippen LogP contribution >= 0.6 is 0 Å². The molecule has 0 aromatic heterocycles. The number of phenolic OH excluding ortho intramolecular Hbond substituents is 1. The summed E-state index contributed by atoms with van der Waals surface area (Å²) in [5.41, 5.74) is 9.11. The van der Waals surface area contributed by atoms with Crippen molar-refractivity contribution in [3.8, 4) is 5.75 Å². The molecule has 17 heavy (non-hydrogen) atoms. The fourth-order valence-electron chi connectivity index (χ4n) is 2.63. The molecule has 0 amide bonds. The van der Waals surface area contributed by atoms with Crippen molar-refractivity contribution >= 4 is 5.97 Å². The van der Waals surface area contributed by atoms with Gasteiger partial charge in [-0.15, -0.1) is 0 Å². The van der Waals surface area contributed by atoms with Gasteiger partial charge in [-0.25, -0.2) is 0 Å². The molecule has 0 bridgehead atoms. The van der Waals surface area contributed by atoms with Gasteiger partial charge < -0.3 is 15.9 Å². The first kappa shape index (κ1) is 11.9. The fraction of sp³-hybridized carbons (Fsp3) is 0.462. The smallest absolute Gasteiger partial charge is 0.325 e. The SMILES string of the molecule is Cc1c2c(cc(O)c1C(N)C(=O)O)CCCC2. The van der Waals surface area contributed by atoms with E-state index < -0.39 is 12.0 Å². The summed E-state index contributed by atoms with van der Waals surface area (Å²) in [6.45, 7) is 1.85. The van der Waals surface area contributed by atoms with Crippen LogP contribution in [0.5, 0.6) is 5.75 Å². The number of hydrogen-bond donors (Lipinski definition) is 3. The Morgan fingerprint density at radius 1 is 1.41 bits per heavy atom. The molecule has 0 spiro atoms. The molecule has 1 atom stereocenters. The third kappa shape index (κ3) is 2.00. The Morgan fingerprint density at radius 3 is 2.71 bits per heavy atom. The van der Waals surface area contributed by atoms with Crippen LogP contribution in [0.4, 0.5) is 0 Å².